The third-order valence-corrected chi connectivity index (χ3v) is 3.60. The van der Waals surface area contributed by atoms with Crippen molar-refractivity contribution in [3.05, 3.63) is 29.0 Å². The van der Waals surface area contributed by atoms with Gasteiger partial charge in [0, 0.05) is 0 Å². The van der Waals surface area contributed by atoms with E-state index in [0.717, 1.165) is 11.5 Å². The van der Waals surface area contributed by atoms with E-state index in [4.69, 9.17) is 5.26 Å². The number of hydrogen-bond acceptors (Lipinski definition) is 3. The number of thiophene rings is 1. The summed E-state index contributed by atoms with van der Waals surface area (Å²) in [6, 6.07) is 4.32. The molecule has 2 aromatic heterocycles. The Kier molecular flexibility index (Phi) is 2.56. The van der Waals surface area contributed by atoms with Gasteiger partial charge in [-0.2, -0.15) is 5.26 Å². The lowest BCUT2D eigenvalue weighted by Gasteiger charge is -2.10. The summed E-state index contributed by atoms with van der Waals surface area (Å²) in [5.41, 5.74) is 1.66. The lowest BCUT2D eigenvalue weighted by Crippen LogP contribution is -2.15. The number of nitrogens with one attached hydrogen (secondary N) is 1. The van der Waals surface area contributed by atoms with Crippen molar-refractivity contribution in [3.63, 3.8) is 0 Å². The number of nitriles is 1. The minimum atomic E-state index is -0.566. The summed E-state index contributed by atoms with van der Waals surface area (Å²) in [5, 5.41) is 11.1. The molecule has 0 amide bonds. The molecule has 0 aromatic carbocycles. The monoisotopic (exact) mass is 231 g/mol. The Morgan fingerprint density at radius 1 is 1.50 bits per heavy atom. The highest BCUT2D eigenvalue weighted by molar-refractivity contribution is 7.13. The zero-order chi connectivity index (χ0) is 11.8. The Bertz CT molecular complexity index is 543. The third-order valence-electron chi connectivity index (χ3n) is 2.55. The number of hydrogen-bond donors (Lipinski definition) is 1. The van der Waals surface area contributed by atoms with Gasteiger partial charge in [-0.3, -0.25) is 0 Å². The second kappa shape index (κ2) is 3.76. The first kappa shape index (κ1) is 10.9. The van der Waals surface area contributed by atoms with Gasteiger partial charge < -0.3 is 4.98 Å². The van der Waals surface area contributed by atoms with Crippen molar-refractivity contribution in [2.24, 2.45) is 0 Å². The van der Waals surface area contributed by atoms with Gasteiger partial charge in [-0.25, -0.2) is 4.98 Å². The second-order valence-electron chi connectivity index (χ2n) is 4.32. The van der Waals surface area contributed by atoms with Gasteiger partial charge in [0.25, 0.3) is 0 Å². The average Bonchev–Trinajstić information content (AvgIpc) is 2.85. The molecule has 2 aromatic rings. The molecule has 0 saturated heterocycles. The SMILES string of the molecule is Cc1ccsc1-c1cnc(C(C)(C)C#N)[nH]1. The van der Waals surface area contributed by atoms with Gasteiger partial charge in [-0.15, -0.1) is 11.3 Å². The van der Waals surface area contributed by atoms with Crippen molar-refractivity contribution in [3.8, 4) is 16.6 Å². The Hall–Kier alpha value is -1.60. The topological polar surface area (TPSA) is 52.5 Å². The number of aromatic amines is 1. The van der Waals surface area contributed by atoms with Crippen molar-refractivity contribution in [1.29, 1.82) is 5.26 Å². The third kappa shape index (κ3) is 1.74. The molecule has 2 rings (SSSR count). The van der Waals surface area contributed by atoms with E-state index in [1.54, 1.807) is 17.5 Å². The Labute approximate surface area is 98.8 Å². The standard InChI is InChI=1S/C12H13N3S/c1-8-4-5-16-10(8)9-6-14-11(15-9)12(2,3)7-13/h4-6H,1-3H3,(H,14,15). The predicted molar refractivity (Wildman–Crippen MR) is 65.3 cm³/mol. The zero-order valence-electron chi connectivity index (χ0n) is 9.53. The van der Waals surface area contributed by atoms with E-state index in [0.29, 0.717) is 0 Å². The lowest BCUT2D eigenvalue weighted by molar-refractivity contribution is 0.640. The Balaban J connectivity index is 2.42. The first-order valence-corrected chi connectivity index (χ1v) is 5.94. The number of aryl methyl sites for hydroxylation is 1. The molecule has 1 N–H and O–H groups in total. The van der Waals surface area contributed by atoms with Gasteiger partial charge in [0.15, 0.2) is 0 Å². The number of nitrogens with zero attached hydrogens (tertiary/aromatic N) is 2. The van der Waals surface area contributed by atoms with Gasteiger partial charge in [-0.1, -0.05) is 0 Å². The Morgan fingerprint density at radius 2 is 2.25 bits per heavy atom. The maximum absolute atomic E-state index is 9.03. The van der Waals surface area contributed by atoms with E-state index < -0.39 is 5.41 Å². The minimum absolute atomic E-state index is 0.566. The summed E-state index contributed by atoms with van der Waals surface area (Å²) in [6.45, 7) is 5.79. The maximum atomic E-state index is 9.03. The van der Waals surface area contributed by atoms with Crippen molar-refractivity contribution in [1.82, 2.24) is 9.97 Å². The molecule has 0 spiro atoms. The average molecular weight is 231 g/mol. The highest BCUT2D eigenvalue weighted by Gasteiger charge is 2.23. The van der Waals surface area contributed by atoms with E-state index >= 15 is 0 Å². The van der Waals surface area contributed by atoms with Crippen molar-refractivity contribution < 1.29 is 0 Å². The quantitative estimate of drug-likeness (QED) is 0.862. The molecule has 0 atom stereocenters. The molecule has 0 unspecified atom stereocenters. The van der Waals surface area contributed by atoms with Crippen LogP contribution in [0.25, 0.3) is 10.6 Å². The largest absolute Gasteiger partial charge is 0.340 e. The highest BCUT2D eigenvalue weighted by atomic mass is 32.1. The molecular weight excluding hydrogens is 218 g/mol. The van der Waals surface area contributed by atoms with Crippen molar-refractivity contribution in [2.75, 3.05) is 0 Å². The summed E-state index contributed by atoms with van der Waals surface area (Å²) in [6.07, 6.45) is 1.80. The maximum Gasteiger partial charge on any atom is 0.126 e. The molecule has 2 heterocycles. The van der Waals surface area contributed by atoms with Crippen LogP contribution in [-0.2, 0) is 5.41 Å². The van der Waals surface area contributed by atoms with Crippen LogP contribution < -0.4 is 0 Å². The molecule has 0 radical (unpaired) electrons. The first-order chi connectivity index (χ1) is 7.54. The molecule has 4 heteroatoms. The van der Waals surface area contributed by atoms with E-state index in [1.807, 2.05) is 13.8 Å². The number of rotatable bonds is 2. The summed E-state index contributed by atoms with van der Waals surface area (Å²) in [4.78, 5) is 8.70. The van der Waals surface area contributed by atoms with Crippen LogP contribution in [0, 0.1) is 18.3 Å². The molecule has 82 valence electrons. The second-order valence-corrected chi connectivity index (χ2v) is 5.23. The van der Waals surface area contributed by atoms with Gasteiger partial charge in [0.2, 0.25) is 0 Å². The van der Waals surface area contributed by atoms with Crippen LogP contribution in [0.4, 0.5) is 0 Å². The van der Waals surface area contributed by atoms with E-state index in [1.165, 1.54) is 10.4 Å². The number of H-pyrrole nitrogens is 1. The number of imidazole rings is 1. The van der Waals surface area contributed by atoms with Crippen LogP contribution in [0.5, 0.6) is 0 Å². The fourth-order valence-electron chi connectivity index (χ4n) is 1.46. The smallest absolute Gasteiger partial charge is 0.126 e. The van der Waals surface area contributed by atoms with Crippen LogP contribution in [0.2, 0.25) is 0 Å². The Morgan fingerprint density at radius 3 is 2.81 bits per heavy atom. The fraction of sp³-hybridized carbons (Fsp3) is 0.333. The van der Waals surface area contributed by atoms with Gasteiger partial charge in [0.05, 0.1) is 22.8 Å². The van der Waals surface area contributed by atoms with Gasteiger partial charge in [-0.05, 0) is 37.8 Å². The first-order valence-electron chi connectivity index (χ1n) is 5.06. The molecule has 16 heavy (non-hydrogen) atoms. The van der Waals surface area contributed by atoms with E-state index in [-0.39, 0.29) is 0 Å². The van der Waals surface area contributed by atoms with E-state index in [2.05, 4.69) is 34.4 Å². The van der Waals surface area contributed by atoms with Crippen LogP contribution in [0.3, 0.4) is 0 Å². The normalized spacial score (nSPS) is 11.4. The van der Waals surface area contributed by atoms with Crippen LogP contribution >= 0.6 is 11.3 Å². The summed E-state index contributed by atoms with van der Waals surface area (Å²) in [5.74, 6) is 0.720. The molecule has 0 aliphatic heterocycles. The molecule has 0 aliphatic rings. The lowest BCUT2D eigenvalue weighted by atomic mass is 9.95. The van der Waals surface area contributed by atoms with Crippen molar-refractivity contribution in [2.45, 2.75) is 26.2 Å². The van der Waals surface area contributed by atoms with Crippen LogP contribution in [0.15, 0.2) is 17.6 Å². The van der Waals surface area contributed by atoms with Crippen LogP contribution in [0.1, 0.15) is 25.2 Å². The summed E-state index contributed by atoms with van der Waals surface area (Å²) < 4.78 is 0. The fourth-order valence-corrected chi connectivity index (χ4v) is 2.35. The molecule has 3 nitrogen and oxygen atoms in total. The summed E-state index contributed by atoms with van der Waals surface area (Å²) >= 11 is 1.68. The molecule has 0 bridgehead atoms. The van der Waals surface area contributed by atoms with Crippen molar-refractivity contribution >= 4 is 11.3 Å². The summed E-state index contributed by atoms with van der Waals surface area (Å²) in [7, 11) is 0. The highest BCUT2D eigenvalue weighted by Crippen LogP contribution is 2.29. The van der Waals surface area contributed by atoms with Gasteiger partial charge in [0.1, 0.15) is 11.2 Å². The number of aromatic nitrogens is 2. The zero-order valence-corrected chi connectivity index (χ0v) is 10.4. The minimum Gasteiger partial charge on any atom is -0.340 e. The molecular formula is C12H13N3S. The molecule has 0 saturated carbocycles. The van der Waals surface area contributed by atoms with Crippen LogP contribution in [-0.4, -0.2) is 9.97 Å². The molecule has 0 aliphatic carbocycles. The van der Waals surface area contributed by atoms with Gasteiger partial charge >= 0.3 is 0 Å². The van der Waals surface area contributed by atoms with E-state index in [9.17, 15) is 0 Å². The predicted octanol–water partition coefficient (Wildman–Crippen LogP) is 3.25. The molecule has 0 fully saturated rings.